The molecule has 0 radical (unpaired) electrons. The zero-order chi connectivity index (χ0) is 26.2. The number of hydrazone groups is 1. The van der Waals surface area contributed by atoms with E-state index in [1.165, 1.54) is 6.92 Å². The van der Waals surface area contributed by atoms with Gasteiger partial charge in [-0.25, -0.2) is 8.42 Å². The first-order chi connectivity index (χ1) is 17.8. The Bertz CT molecular complexity index is 1620. The fraction of sp³-hybridized carbons (Fsp3) is 0.200. The number of carbonyl (C=O) groups is 1. The molecular weight excluding hydrogens is 514 g/mol. The first-order valence-corrected chi connectivity index (χ1v) is 13.9. The summed E-state index contributed by atoms with van der Waals surface area (Å²) in [5.74, 6) is 0.319. The third kappa shape index (κ3) is 4.65. The van der Waals surface area contributed by atoms with Gasteiger partial charge in [0.25, 0.3) is 5.91 Å². The normalized spacial score (nSPS) is 16.7. The smallest absolute Gasteiger partial charge is 0.283 e. The summed E-state index contributed by atoms with van der Waals surface area (Å²) in [7, 11) is -2.00. The summed E-state index contributed by atoms with van der Waals surface area (Å²) in [6, 6.07) is 15.1. The predicted octanol–water partition coefficient (Wildman–Crippen LogP) is 3.74. The lowest BCUT2D eigenvalue weighted by molar-refractivity contribution is -0.114. The number of carbonyl (C=O) groups excluding carboxylic acids is 1. The summed E-state index contributed by atoms with van der Waals surface area (Å²) in [5, 5.41) is 14.7. The van der Waals surface area contributed by atoms with Crippen LogP contribution in [0.25, 0.3) is 17.0 Å². The van der Waals surface area contributed by atoms with Crippen molar-refractivity contribution in [2.45, 2.75) is 13.5 Å². The number of methoxy groups -OCH3 is 1. The molecule has 3 heterocycles. The molecule has 1 aromatic heterocycles. The molecule has 2 aliphatic heterocycles. The molecule has 0 fully saturated rings. The van der Waals surface area contributed by atoms with Crippen molar-refractivity contribution in [2.75, 3.05) is 19.5 Å². The zero-order valence-electron chi connectivity index (χ0n) is 20.0. The monoisotopic (exact) mass is 537 g/mol. The summed E-state index contributed by atoms with van der Waals surface area (Å²) in [6.45, 7) is 2.42. The fourth-order valence-electron chi connectivity index (χ4n) is 3.95. The van der Waals surface area contributed by atoms with Gasteiger partial charge in [0.15, 0.2) is 17.3 Å². The van der Waals surface area contributed by atoms with Gasteiger partial charge >= 0.3 is 0 Å². The van der Waals surface area contributed by atoms with Gasteiger partial charge in [-0.1, -0.05) is 37.3 Å². The second-order valence-electron chi connectivity index (χ2n) is 8.08. The van der Waals surface area contributed by atoms with Crippen LogP contribution in [-0.4, -0.2) is 58.7 Å². The number of aromatic nitrogens is 1. The molecule has 0 aliphatic carbocycles. The third-order valence-electron chi connectivity index (χ3n) is 5.86. The molecule has 1 N–H and O–H groups in total. The summed E-state index contributed by atoms with van der Waals surface area (Å²) in [4.78, 5) is 16.8. The van der Waals surface area contributed by atoms with Crippen LogP contribution in [0.4, 0.5) is 0 Å². The molecule has 0 atom stereocenters. The van der Waals surface area contributed by atoms with E-state index in [1.54, 1.807) is 13.2 Å². The minimum atomic E-state index is -3.59. The second kappa shape index (κ2) is 9.87. The van der Waals surface area contributed by atoms with Gasteiger partial charge in [-0.15, -0.1) is 5.10 Å². The molecular formula is C25H23N5O5S2. The number of sulfone groups is 1. The fourth-order valence-corrected chi connectivity index (χ4v) is 6.11. The van der Waals surface area contributed by atoms with Crippen molar-refractivity contribution in [3.05, 3.63) is 65.9 Å². The van der Waals surface area contributed by atoms with E-state index in [2.05, 4.69) is 10.1 Å². The molecule has 0 unspecified atom stereocenters. The highest BCUT2D eigenvalue weighted by Crippen LogP contribution is 2.32. The Labute approximate surface area is 217 Å². The maximum absolute atomic E-state index is 12.8. The molecule has 37 heavy (non-hydrogen) atoms. The van der Waals surface area contributed by atoms with E-state index in [1.807, 2.05) is 59.3 Å². The molecule has 3 aromatic rings. The van der Waals surface area contributed by atoms with Gasteiger partial charge in [0.1, 0.15) is 6.61 Å². The van der Waals surface area contributed by atoms with E-state index in [4.69, 9.17) is 14.9 Å². The summed E-state index contributed by atoms with van der Waals surface area (Å²) < 4.78 is 37.6. The molecule has 2 aliphatic rings. The lowest BCUT2D eigenvalue weighted by Crippen LogP contribution is -2.35. The van der Waals surface area contributed by atoms with Crippen LogP contribution in [0.3, 0.4) is 0 Å². The number of fused-ring (bicyclic) bond motifs is 2. The third-order valence-corrected chi connectivity index (χ3v) is 8.95. The van der Waals surface area contributed by atoms with Crippen molar-refractivity contribution in [1.29, 1.82) is 5.41 Å². The number of hydrogen-bond donors (Lipinski definition) is 1. The average molecular weight is 538 g/mol. The molecule has 5 rings (SSSR count). The Hall–Kier alpha value is -3.90. The van der Waals surface area contributed by atoms with Crippen molar-refractivity contribution in [3.63, 3.8) is 0 Å². The molecule has 0 saturated carbocycles. The summed E-state index contributed by atoms with van der Waals surface area (Å²) in [5.41, 5.74) is 1.68. The number of rotatable bonds is 7. The second-order valence-corrected chi connectivity index (χ2v) is 11.5. The van der Waals surface area contributed by atoms with Crippen LogP contribution in [0.5, 0.6) is 11.5 Å². The lowest BCUT2D eigenvalue weighted by Gasteiger charge is -2.19. The molecule has 0 bridgehead atoms. The number of benzene rings is 2. The topological polar surface area (TPSA) is 126 Å². The molecule has 2 aromatic carbocycles. The van der Waals surface area contributed by atoms with Crippen molar-refractivity contribution in [1.82, 2.24) is 9.58 Å². The maximum Gasteiger partial charge on any atom is 0.283 e. The Balaban J connectivity index is 1.43. The van der Waals surface area contributed by atoms with Crippen LogP contribution in [0.2, 0.25) is 0 Å². The van der Waals surface area contributed by atoms with Gasteiger partial charge in [-0.3, -0.25) is 10.2 Å². The lowest BCUT2D eigenvalue weighted by atomic mass is 10.1. The van der Waals surface area contributed by atoms with Crippen molar-refractivity contribution in [2.24, 2.45) is 10.1 Å². The van der Waals surface area contributed by atoms with E-state index in [-0.39, 0.29) is 26.7 Å². The number of hydrogen-bond acceptors (Lipinski definition) is 8. The van der Waals surface area contributed by atoms with Crippen LogP contribution in [0, 0.1) is 5.41 Å². The quantitative estimate of drug-likeness (QED) is 0.455. The number of para-hydroxylation sites is 3. The zero-order valence-corrected chi connectivity index (χ0v) is 21.7. The van der Waals surface area contributed by atoms with E-state index in [9.17, 15) is 13.2 Å². The number of ether oxygens (including phenoxy) is 2. The number of nitrogens with zero attached hydrogens (tertiary/aromatic N) is 4. The number of amides is 1. The van der Waals surface area contributed by atoms with Crippen molar-refractivity contribution >= 4 is 59.9 Å². The highest BCUT2D eigenvalue weighted by Gasteiger charge is 2.39. The summed E-state index contributed by atoms with van der Waals surface area (Å²) >= 11 is 0.781. The number of thioether (sulfide) groups is 1. The highest BCUT2D eigenvalue weighted by molar-refractivity contribution is 8.42. The summed E-state index contributed by atoms with van der Waals surface area (Å²) in [6.07, 6.45) is 3.48. The Morgan fingerprint density at radius 3 is 2.59 bits per heavy atom. The maximum atomic E-state index is 12.8. The minimum absolute atomic E-state index is 0.0245. The van der Waals surface area contributed by atoms with Gasteiger partial charge in [-0.05, 0) is 36.0 Å². The molecule has 12 heteroatoms. The van der Waals surface area contributed by atoms with Gasteiger partial charge in [0.05, 0.1) is 25.0 Å². The van der Waals surface area contributed by atoms with Crippen molar-refractivity contribution in [3.8, 4) is 11.5 Å². The molecule has 190 valence electrons. The van der Waals surface area contributed by atoms with E-state index < -0.39 is 15.7 Å². The Kier molecular flexibility index (Phi) is 6.61. The number of nitrogens with one attached hydrogen (secondary N) is 1. The van der Waals surface area contributed by atoms with E-state index in [0.717, 1.165) is 33.2 Å². The largest absolute Gasteiger partial charge is 0.493 e. The van der Waals surface area contributed by atoms with Gasteiger partial charge in [0.2, 0.25) is 19.4 Å². The first-order valence-electron chi connectivity index (χ1n) is 11.4. The Morgan fingerprint density at radius 1 is 1.11 bits per heavy atom. The van der Waals surface area contributed by atoms with Crippen LogP contribution in [-0.2, 0) is 21.2 Å². The van der Waals surface area contributed by atoms with Gasteiger partial charge in [0, 0.05) is 22.7 Å². The van der Waals surface area contributed by atoms with Gasteiger partial charge < -0.3 is 14.0 Å². The standard InChI is InChI=1S/C25H23N5O5S2/c1-3-37(32,33)25-28-30-22(26)18(23(31)27-24(30)36-25)14-16-15-29(19-9-5-4-8-17(16)19)12-13-35-21-11-7-6-10-20(21)34-2/h4-11,14-15,26H,3,12-13H2,1-2H3/b18-14-,26-22?. The SMILES string of the molecule is CCS(=O)(=O)C1=NN2C(=N)/C(=C/c3cn(CCOc4ccccc4OC)c4ccccc34)C(=O)N=C2S1. The van der Waals surface area contributed by atoms with Crippen LogP contribution >= 0.6 is 11.8 Å². The van der Waals surface area contributed by atoms with E-state index >= 15 is 0 Å². The average Bonchev–Trinajstić information content (AvgIpc) is 3.49. The van der Waals surface area contributed by atoms with E-state index in [0.29, 0.717) is 24.7 Å². The molecule has 1 amide bonds. The molecule has 0 spiro atoms. The van der Waals surface area contributed by atoms with Crippen LogP contribution in [0.1, 0.15) is 12.5 Å². The molecule has 10 nitrogen and oxygen atoms in total. The number of amidine groups is 2. The van der Waals surface area contributed by atoms with Crippen molar-refractivity contribution < 1.29 is 22.7 Å². The van der Waals surface area contributed by atoms with Gasteiger partial charge in [-0.2, -0.15) is 10.0 Å². The van der Waals surface area contributed by atoms with Crippen LogP contribution in [0.15, 0.2) is 70.4 Å². The Morgan fingerprint density at radius 2 is 1.84 bits per heavy atom. The highest BCUT2D eigenvalue weighted by atomic mass is 32.3. The molecule has 0 saturated heterocycles. The van der Waals surface area contributed by atoms with Crippen LogP contribution < -0.4 is 9.47 Å². The first kappa shape index (κ1) is 24.8. The predicted molar refractivity (Wildman–Crippen MR) is 145 cm³/mol. The number of aliphatic imine (C=N–C) groups is 1. The minimum Gasteiger partial charge on any atom is -0.493 e.